The summed E-state index contributed by atoms with van der Waals surface area (Å²) in [6.07, 6.45) is 11.0. The fraction of sp³-hybridized carbons (Fsp3) is 0.700. The molecule has 0 atom stereocenters. The number of allylic oxidation sites excluding steroid dienone is 1. The SMILES string of the molecule is C/C(=C\C12CC3CC(CC(C3)C1)C2)C(=O)O/C=C(\C)C(=O)OCCO. The number of aliphatic hydroxyl groups is 1. The van der Waals surface area contributed by atoms with Crippen molar-refractivity contribution in [2.75, 3.05) is 13.2 Å². The smallest absolute Gasteiger partial charge is 0.338 e. The topological polar surface area (TPSA) is 72.8 Å². The maximum atomic E-state index is 12.3. The normalized spacial score (nSPS) is 34.1. The molecule has 0 heterocycles. The fourth-order valence-electron chi connectivity index (χ4n) is 5.41. The van der Waals surface area contributed by atoms with E-state index in [1.165, 1.54) is 45.4 Å². The summed E-state index contributed by atoms with van der Waals surface area (Å²) < 4.78 is 9.92. The van der Waals surface area contributed by atoms with Gasteiger partial charge in [-0.2, -0.15) is 0 Å². The van der Waals surface area contributed by atoms with Gasteiger partial charge in [-0.15, -0.1) is 0 Å². The Bertz CT molecular complexity index is 566. The molecule has 4 aliphatic carbocycles. The van der Waals surface area contributed by atoms with Gasteiger partial charge in [0.15, 0.2) is 0 Å². The number of carbonyl (C=O) groups is 2. The molecule has 4 saturated carbocycles. The van der Waals surface area contributed by atoms with Crippen LogP contribution in [0.5, 0.6) is 0 Å². The molecule has 4 fully saturated rings. The first kappa shape index (κ1) is 18.2. The van der Waals surface area contributed by atoms with E-state index >= 15 is 0 Å². The van der Waals surface area contributed by atoms with Crippen LogP contribution >= 0.6 is 0 Å². The van der Waals surface area contributed by atoms with Gasteiger partial charge in [-0.1, -0.05) is 6.08 Å². The highest BCUT2D eigenvalue weighted by Crippen LogP contribution is 2.60. The lowest BCUT2D eigenvalue weighted by Crippen LogP contribution is -2.45. The summed E-state index contributed by atoms with van der Waals surface area (Å²) in [6.45, 7) is 3.02. The Kier molecular flexibility index (Phi) is 5.32. The number of hydrogen-bond donors (Lipinski definition) is 1. The zero-order valence-electron chi connectivity index (χ0n) is 15.1. The molecule has 0 spiro atoms. The van der Waals surface area contributed by atoms with Crippen molar-refractivity contribution in [3.8, 4) is 0 Å². The van der Waals surface area contributed by atoms with Crippen LogP contribution in [0.25, 0.3) is 0 Å². The Morgan fingerprint density at radius 1 is 1.00 bits per heavy atom. The van der Waals surface area contributed by atoms with E-state index in [1.54, 1.807) is 6.92 Å². The van der Waals surface area contributed by atoms with Crippen molar-refractivity contribution in [3.05, 3.63) is 23.5 Å². The van der Waals surface area contributed by atoms with Gasteiger partial charge in [0.1, 0.15) is 12.9 Å². The Morgan fingerprint density at radius 3 is 2.08 bits per heavy atom. The van der Waals surface area contributed by atoms with Crippen molar-refractivity contribution < 1.29 is 24.2 Å². The molecule has 0 aromatic carbocycles. The van der Waals surface area contributed by atoms with E-state index in [0.717, 1.165) is 24.0 Å². The Hall–Kier alpha value is -1.62. The van der Waals surface area contributed by atoms with Crippen LogP contribution in [0.4, 0.5) is 0 Å². The molecule has 0 aliphatic heterocycles. The number of rotatable bonds is 6. The van der Waals surface area contributed by atoms with Crippen molar-refractivity contribution in [2.45, 2.75) is 52.4 Å². The molecule has 0 radical (unpaired) electrons. The quantitative estimate of drug-likeness (QED) is 0.453. The van der Waals surface area contributed by atoms with Gasteiger partial charge in [0.25, 0.3) is 0 Å². The van der Waals surface area contributed by atoms with Gasteiger partial charge in [0.2, 0.25) is 0 Å². The third-order valence-corrected chi connectivity index (χ3v) is 5.92. The average molecular weight is 348 g/mol. The van der Waals surface area contributed by atoms with Gasteiger partial charge in [0, 0.05) is 5.57 Å². The van der Waals surface area contributed by atoms with Crippen LogP contribution in [0, 0.1) is 23.2 Å². The van der Waals surface area contributed by atoms with Crippen LogP contribution in [0.2, 0.25) is 0 Å². The van der Waals surface area contributed by atoms with E-state index in [4.69, 9.17) is 14.6 Å². The van der Waals surface area contributed by atoms with Crippen molar-refractivity contribution >= 4 is 11.9 Å². The standard InChI is InChI=1S/C20H28O5/c1-13(18(22)25-12-14(2)19(23)24-4-3-21)8-20-9-15-5-16(10-20)7-17(6-15)11-20/h8,12,15-17,21H,3-7,9-11H2,1-2H3/b13-8+,14-12+. The molecule has 0 amide bonds. The second-order valence-corrected chi connectivity index (χ2v) is 8.17. The molecule has 5 heteroatoms. The van der Waals surface area contributed by atoms with E-state index in [2.05, 4.69) is 6.08 Å². The second kappa shape index (κ2) is 7.32. The van der Waals surface area contributed by atoms with Gasteiger partial charge < -0.3 is 14.6 Å². The lowest BCUT2D eigenvalue weighted by Gasteiger charge is -2.56. The summed E-state index contributed by atoms with van der Waals surface area (Å²) in [6, 6.07) is 0. The molecule has 4 bridgehead atoms. The predicted molar refractivity (Wildman–Crippen MR) is 92.3 cm³/mol. The van der Waals surface area contributed by atoms with Gasteiger partial charge >= 0.3 is 11.9 Å². The third kappa shape index (κ3) is 4.14. The van der Waals surface area contributed by atoms with Gasteiger partial charge in [-0.25, -0.2) is 9.59 Å². The number of aliphatic hydroxyl groups excluding tert-OH is 1. The Balaban J connectivity index is 1.61. The van der Waals surface area contributed by atoms with Crippen molar-refractivity contribution in [2.24, 2.45) is 23.2 Å². The highest BCUT2D eigenvalue weighted by Gasteiger charge is 2.49. The number of esters is 2. The molecule has 1 N–H and O–H groups in total. The minimum Gasteiger partial charge on any atom is -0.460 e. The molecule has 5 nitrogen and oxygen atoms in total. The van der Waals surface area contributed by atoms with Crippen LogP contribution < -0.4 is 0 Å². The first-order valence-electron chi connectivity index (χ1n) is 9.26. The second-order valence-electron chi connectivity index (χ2n) is 8.17. The highest BCUT2D eigenvalue weighted by molar-refractivity contribution is 5.90. The van der Waals surface area contributed by atoms with Crippen LogP contribution in [0.15, 0.2) is 23.5 Å². The number of ether oxygens (including phenoxy) is 2. The fourth-order valence-corrected chi connectivity index (χ4v) is 5.41. The first-order chi connectivity index (χ1) is 11.9. The monoisotopic (exact) mass is 348 g/mol. The zero-order valence-corrected chi connectivity index (χ0v) is 15.1. The van der Waals surface area contributed by atoms with Crippen LogP contribution in [-0.2, 0) is 19.1 Å². The van der Waals surface area contributed by atoms with E-state index < -0.39 is 11.9 Å². The first-order valence-corrected chi connectivity index (χ1v) is 9.26. The Morgan fingerprint density at radius 2 is 1.56 bits per heavy atom. The molecule has 0 saturated heterocycles. The van der Waals surface area contributed by atoms with E-state index in [-0.39, 0.29) is 24.2 Å². The number of hydrogen-bond acceptors (Lipinski definition) is 5. The molecule has 0 aromatic heterocycles. The van der Waals surface area contributed by atoms with Gasteiger partial charge in [-0.3, -0.25) is 0 Å². The minimum absolute atomic E-state index is 0.0666. The maximum Gasteiger partial charge on any atom is 0.338 e. The largest absolute Gasteiger partial charge is 0.460 e. The maximum absolute atomic E-state index is 12.3. The Labute approximate surface area is 149 Å². The molecule has 0 unspecified atom stereocenters. The molecular weight excluding hydrogens is 320 g/mol. The van der Waals surface area contributed by atoms with Crippen LogP contribution in [0.3, 0.4) is 0 Å². The molecule has 4 aliphatic rings. The molecule has 25 heavy (non-hydrogen) atoms. The van der Waals surface area contributed by atoms with Crippen molar-refractivity contribution in [3.63, 3.8) is 0 Å². The summed E-state index contributed by atoms with van der Waals surface area (Å²) in [5.74, 6) is 1.48. The highest BCUT2D eigenvalue weighted by atomic mass is 16.5. The molecule has 4 rings (SSSR count). The summed E-state index contributed by atoms with van der Waals surface area (Å²) in [4.78, 5) is 23.9. The lowest BCUT2D eigenvalue weighted by molar-refractivity contribution is -0.140. The summed E-state index contributed by atoms with van der Waals surface area (Å²) >= 11 is 0. The van der Waals surface area contributed by atoms with Gasteiger partial charge in [0.05, 0.1) is 12.2 Å². The summed E-state index contributed by atoms with van der Waals surface area (Å²) in [5, 5.41) is 8.65. The predicted octanol–water partition coefficient (Wildman–Crippen LogP) is 3.13. The summed E-state index contributed by atoms with van der Waals surface area (Å²) in [7, 11) is 0. The molecule has 0 aromatic rings. The van der Waals surface area contributed by atoms with E-state index in [9.17, 15) is 9.59 Å². The van der Waals surface area contributed by atoms with Gasteiger partial charge in [-0.05, 0) is 75.5 Å². The van der Waals surface area contributed by atoms with Crippen LogP contribution in [-0.4, -0.2) is 30.3 Å². The molecule has 138 valence electrons. The lowest BCUT2D eigenvalue weighted by atomic mass is 9.49. The number of carbonyl (C=O) groups excluding carboxylic acids is 2. The van der Waals surface area contributed by atoms with Crippen molar-refractivity contribution in [1.29, 1.82) is 0 Å². The average Bonchev–Trinajstić information content (AvgIpc) is 2.55. The van der Waals surface area contributed by atoms with Crippen molar-refractivity contribution in [1.82, 2.24) is 0 Å². The minimum atomic E-state index is -0.593. The van der Waals surface area contributed by atoms with E-state index in [0.29, 0.717) is 5.57 Å². The van der Waals surface area contributed by atoms with E-state index in [1.807, 2.05) is 0 Å². The third-order valence-electron chi connectivity index (χ3n) is 5.92. The van der Waals surface area contributed by atoms with Crippen LogP contribution in [0.1, 0.15) is 52.4 Å². The molecular formula is C20H28O5. The zero-order chi connectivity index (χ0) is 18.0. The summed E-state index contributed by atoms with van der Waals surface area (Å²) in [5.41, 5.74) is 0.996.